The van der Waals surface area contributed by atoms with E-state index in [-0.39, 0.29) is 11.8 Å². The summed E-state index contributed by atoms with van der Waals surface area (Å²) in [4.78, 5) is 25.3. The maximum Gasteiger partial charge on any atom is 0.253 e. The molecule has 3 aromatic carbocycles. The van der Waals surface area contributed by atoms with Gasteiger partial charge in [-0.2, -0.15) is 5.26 Å². The number of likely N-dealkylation sites (N-methyl/N-ethyl adjacent to an activating group) is 1. The number of halogens is 1. The number of carbonyl (C=O) groups excluding carboxylic acids is 1. The molecule has 248 valence electrons. The lowest BCUT2D eigenvalue weighted by molar-refractivity contribution is 0.0782. The molecule has 0 bridgehead atoms. The summed E-state index contributed by atoms with van der Waals surface area (Å²) in [7, 11) is 6.44. The molecule has 1 unspecified atom stereocenters. The van der Waals surface area contributed by atoms with Gasteiger partial charge in [-0.15, -0.1) is 0 Å². The second kappa shape index (κ2) is 15.9. The number of nitrogens with zero attached hydrogens (tertiary/aromatic N) is 6. The fourth-order valence-electron chi connectivity index (χ4n) is 6.38. The van der Waals surface area contributed by atoms with Crippen molar-refractivity contribution >= 4 is 34.5 Å². The second-order valence-electron chi connectivity index (χ2n) is 11.8. The molecular formula is C36H43ClN6O4. The van der Waals surface area contributed by atoms with E-state index in [2.05, 4.69) is 32.6 Å². The number of imidazole rings is 1. The Balaban J connectivity index is 1.29. The number of carbonyl (C=O) groups is 1. The Labute approximate surface area is 282 Å². The molecule has 0 N–H and O–H groups in total. The molecule has 5 rings (SSSR count). The van der Waals surface area contributed by atoms with Gasteiger partial charge in [-0.25, -0.2) is 4.98 Å². The first-order valence-electron chi connectivity index (χ1n) is 16.0. The summed E-state index contributed by atoms with van der Waals surface area (Å²) >= 11 is 6.44. The van der Waals surface area contributed by atoms with E-state index >= 15 is 0 Å². The van der Waals surface area contributed by atoms with Gasteiger partial charge in [-0.05, 0) is 67.9 Å². The van der Waals surface area contributed by atoms with Crippen molar-refractivity contribution in [2.75, 3.05) is 72.5 Å². The van der Waals surface area contributed by atoms with Crippen molar-refractivity contribution in [1.82, 2.24) is 19.4 Å². The van der Waals surface area contributed by atoms with E-state index in [1.54, 1.807) is 24.1 Å². The number of benzene rings is 3. The van der Waals surface area contributed by atoms with Crippen LogP contribution in [0.5, 0.6) is 17.2 Å². The van der Waals surface area contributed by atoms with Crippen LogP contribution in [0.1, 0.15) is 41.1 Å². The van der Waals surface area contributed by atoms with Gasteiger partial charge >= 0.3 is 0 Å². The van der Waals surface area contributed by atoms with Crippen LogP contribution in [0.3, 0.4) is 0 Å². The zero-order valence-electron chi connectivity index (χ0n) is 27.6. The number of aromatic nitrogens is 2. The van der Waals surface area contributed by atoms with Crippen LogP contribution in [0.15, 0.2) is 60.7 Å². The van der Waals surface area contributed by atoms with E-state index in [9.17, 15) is 10.1 Å². The number of anilines is 1. The third-order valence-electron chi connectivity index (χ3n) is 8.82. The van der Waals surface area contributed by atoms with E-state index in [4.69, 9.17) is 30.8 Å². The van der Waals surface area contributed by atoms with Gasteiger partial charge in [-0.1, -0.05) is 35.9 Å². The zero-order chi connectivity index (χ0) is 33.3. The third kappa shape index (κ3) is 7.92. The highest BCUT2D eigenvalue weighted by atomic mass is 35.5. The largest absolute Gasteiger partial charge is 0.493 e. The average Bonchev–Trinajstić information content (AvgIpc) is 3.29. The monoisotopic (exact) mass is 658 g/mol. The Morgan fingerprint density at radius 1 is 0.979 bits per heavy atom. The van der Waals surface area contributed by atoms with Crippen LogP contribution in [0.25, 0.3) is 11.0 Å². The lowest BCUT2D eigenvalue weighted by Gasteiger charge is -2.28. The Morgan fingerprint density at radius 2 is 1.74 bits per heavy atom. The smallest absolute Gasteiger partial charge is 0.253 e. The van der Waals surface area contributed by atoms with Gasteiger partial charge in [0.05, 0.1) is 44.9 Å². The van der Waals surface area contributed by atoms with Crippen LogP contribution in [0.2, 0.25) is 5.02 Å². The number of hydrogen-bond acceptors (Lipinski definition) is 8. The van der Waals surface area contributed by atoms with Crippen molar-refractivity contribution in [3.8, 4) is 23.3 Å². The predicted octanol–water partition coefficient (Wildman–Crippen LogP) is 6.09. The minimum absolute atomic E-state index is 0.0687. The van der Waals surface area contributed by atoms with E-state index in [0.717, 1.165) is 68.1 Å². The minimum atomic E-state index is -0.138. The summed E-state index contributed by atoms with van der Waals surface area (Å²) in [6.07, 6.45) is 2.30. The molecule has 0 saturated carbocycles. The molecule has 0 aliphatic carbocycles. The van der Waals surface area contributed by atoms with Crippen LogP contribution in [0.4, 0.5) is 5.95 Å². The van der Waals surface area contributed by atoms with Crippen molar-refractivity contribution < 1.29 is 19.0 Å². The highest BCUT2D eigenvalue weighted by Crippen LogP contribution is 2.38. The van der Waals surface area contributed by atoms with E-state index in [0.29, 0.717) is 47.3 Å². The maximum absolute atomic E-state index is 13.7. The second-order valence-corrected chi connectivity index (χ2v) is 12.2. The van der Waals surface area contributed by atoms with Crippen molar-refractivity contribution in [3.05, 3.63) is 76.8 Å². The molecule has 0 spiro atoms. The van der Waals surface area contributed by atoms with Gasteiger partial charge in [0.1, 0.15) is 0 Å². The van der Waals surface area contributed by atoms with Gasteiger partial charge in [0.15, 0.2) is 11.5 Å². The minimum Gasteiger partial charge on any atom is -0.493 e. The Bertz CT molecular complexity index is 1690. The Hall–Kier alpha value is -4.46. The van der Waals surface area contributed by atoms with Crippen LogP contribution in [-0.2, 0) is 6.54 Å². The van der Waals surface area contributed by atoms with Crippen molar-refractivity contribution in [2.45, 2.75) is 31.7 Å². The maximum atomic E-state index is 13.7. The third-order valence-corrected chi connectivity index (χ3v) is 9.05. The van der Waals surface area contributed by atoms with E-state index < -0.39 is 0 Å². The standard InChI is InChI=1S/C36H43ClN6O4/c1-40(35(44)28-23-32(45-2)34(47-4)33(24-28)46-3)25-27(26-10-7-11-29(37)22-26)14-19-41-16-9-17-42(21-20-41)36-39-30-12-5-6-13-31(30)43(36)18-8-15-38/h5-7,10-13,22-24,27H,8-9,14,16-21,25H2,1-4H3. The molecular weight excluding hydrogens is 616 g/mol. The molecule has 2 heterocycles. The normalized spacial score (nSPS) is 14.3. The number of ether oxygens (including phenoxy) is 3. The van der Waals surface area contributed by atoms with Crippen LogP contribution >= 0.6 is 11.6 Å². The van der Waals surface area contributed by atoms with Gasteiger partial charge < -0.3 is 33.5 Å². The zero-order valence-corrected chi connectivity index (χ0v) is 28.4. The summed E-state index contributed by atoms with van der Waals surface area (Å²) in [6.45, 7) is 5.62. The topological polar surface area (TPSA) is 96.1 Å². The molecule has 1 aromatic heterocycles. The Morgan fingerprint density at radius 3 is 2.45 bits per heavy atom. The number of para-hydroxylation sites is 2. The van der Waals surface area contributed by atoms with Crippen molar-refractivity contribution in [1.29, 1.82) is 5.26 Å². The summed E-state index contributed by atoms with van der Waals surface area (Å²) in [5.74, 6) is 2.19. The highest BCUT2D eigenvalue weighted by molar-refractivity contribution is 6.30. The summed E-state index contributed by atoms with van der Waals surface area (Å²) < 4.78 is 18.6. The van der Waals surface area contributed by atoms with Crippen LogP contribution < -0.4 is 19.1 Å². The SMILES string of the molecule is COc1cc(C(=O)N(C)CC(CCN2CCCN(c3nc4ccccc4n3CCC#N)CC2)c2cccc(Cl)c2)cc(OC)c1OC. The first kappa shape index (κ1) is 33.9. The number of methoxy groups -OCH3 is 3. The lowest BCUT2D eigenvalue weighted by atomic mass is 9.94. The number of aryl methyl sites for hydroxylation is 1. The first-order valence-corrected chi connectivity index (χ1v) is 16.3. The first-order chi connectivity index (χ1) is 22.9. The number of fused-ring (bicyclic) bond motifs is 1. The number of rotatable bonds is 13. The number of hydrogen-bond donors (Lipinski definition) is 0. The van der Waals surface area contributed by atoms with E-state index in [1.165, 1.54) is 14.2 Å². The quantitative estimate of drug-likeness (QED) is 0.170. The van der Waals surface area contributed by atoms with Gasteiger partial charge in [-0.3, -0.25) is 4.79 Å². The van der Waals surface area contributed by atoms with Crippen molar-refractivity contribution in [2.24, 2.45) is 0 Å². The average molecular weight is 659 g/mol. The van der Waals surface area contributed by atoms with Crippen molar-refractivity contribution in [3.63, 3.8) is 0 Å². The fraction of sp³-hybridized carbons (Fsp3) is 0.417. The van der Waals surface area contributed by atoms with Gasteiger partial charge in [0.2, 0.25) is 11.7 Å². The molecule has 1 amide bonds. The van der Waals surface area contributed by atoms with E-state index in [1.807, 2.05) is 43.4 Å². The summed E-state index contributed by atoms with van der Waals surface area (Å²) in [5.41, 5.74) is 3.58. The molecule has 4 aromatic rings. The molecule has 1 saturated heterocycles. The lowest BCUT2D eigenvalue weighted by Crippen LogP contribution is -2.35. The van der Waals surface area contributed by atoms with Crippen LogP contribution in [-0.4, -0.2) is 92.9 Å². The van der Waals surface area contributed by atoms with Crippen LogP contribution in [0, 0.1) is 11.3 Å². The number of amides is 1. The molecule has 1 aliphatic heterocycles. The number of nitriles is 1. The summed E-state index contributed by atoms with van der Waals surface area (Å²) in [6, 6.07) is 21.7. The van der Waals surface area contributed by atoms with Gasteiger partial charge in [0, 0.05) is 56.3 Å². The fourth-order valence-corrected chi connectivity index (χ4v) is 6.58. The van der Waals surface area contributed by atoms with Gasteiger partial charge in [0.25, 0.3) is 5.91 Å². The molecule has 1 atom stereocenters. The highest BCUT2D eigenvalue weighted by Gasteiger charge is 2.25. The molecule has 10 nitrogen and oxygen atoms in total. The summed E-state index contributed by atoms with van der Waals surface area (Å²) in [5, 5.41) is 9.95. The molecule has 1 aliphatic rings. The molecule has 11 heteroatoms. The molecule has 0 radical (unpaired) electrons. The molecule has 47 heavy (non-hydrogen) atoms. The predicted molar refractivity (Wildman–Crippen MR) is 185 cm³/mol. The Kier molecular flexibility index (Phi) is 11.5. The molecule has 1 fully saturated rings.